The second kappa shape index (κ2) is 6.74. The first-order valence-corrected chi connectivity index (χ1v) is 9.91. The molecule has 0 saturated carbocycles. The van der Waals surface area contributed by atoms with Crippen molar-refractivity contribution in [2.45, 2.75) is 25.3 Å². The summed E-state index contributed by atoms with van der Waals surface area (Å²) in [5, 5.41) is 0. The van der Waals surface area contributed by atoms with Gasteiger partial charge in [-0.05, 0) is 36.2 Å². The SMILES string of the molecule is CCN(Cc1ccccc1C)S(=O)(=O)c1ccc2c(c1)n(C)c(=O)n2C. The van der Waals surface area contributed by atoms with E-state index in [-0.39, 0.29) is 10.6 Å². The molecule has 138 valence electrons. The van der Waals surface area contributed by atoms with E-state index in [1.54, 1.807) is 32.3 Å². The van der Waals surface area contributed by atoms with E-state index < -0.39 is 10.0 Å². The first-order chi connectivity index (χ1) is 12.3. The Balaban J connectivity index is 2.06. The highest BCUT2D eigenvalue weighted by atomic mass is 32.2. The van der Waals surface area contributed by atoms with Gasteiger partial charge in [0, 0.05) is 27.2 Å². The smallest absolute Gasteiger partial charge is 0.295 e. The second-order valence-corrected chi connectivity index (χ2v) is 8.35. The molecule has 1 aromatic heterocycles. The highest BCUT2D eigenvalue weighted by Gasteiger charge is 2.25. The van der Waals surface area contributed by atoms with E-state index in [0.29, 0.717) is 24.1 Å². The van der Waals surface area contributed by atoms with Gasteiger partial charge in [0.25, 0.3) is 0 Å². The number of sulfonamides is 1. The molecule has 0 amide bonds. The third kappa shape index (κ3) is 2.97. The van der Waals surface area contributed by atoms with E-state index >= 15 is 0 Å². The van der Waals surface area contributed by atoms with Crippen molar-refractivity contribution in [2.24, 2.45) is 14.1 Å². The molecule has 0 radical (unpaired) electrons. The first-order valence-electron chi connectivity index (χ1n) is 8.47. The Kier molecular flexibility index (Phi) is 4.77. The predicted octanol–water partition coefficient (Wildman–Crippen LogP) is 2.40. The lowest BCUT2D eigenvalue weighted by Crippen LogP contribution is -2.30. The summed E-state index contributed by atoms with van der Waals surface area (Å²) in [6, 6.07) is 12.6. The van der Waals surface area contributed by atoms with Crippen LogP contribution in [-0.4, -0.2) is 28.4 Å². The molecule has 0 spiro atoms. The van der Waals surface area contributed by atoms with Crippen molar-refractivity contribution in [2.75, 3.05) is 6.54 Å². The van der Waals surface area contributed by atoms with Crippen LogP contribution in [0.15, 0.2) is 52.2 Å². The van der Waals surface area contributed by atoms with E-state index in [4.69, 9.17) is 0 Å². The van der Waals surface area contributed by atoms with Gasteiger partial charge in [0.05, 0.1) is 15.9 Å². The number of hydrogen-bond donors (Lipinski definition) is 0. The summed E-state index contributed by atoms with van der Waals surface area (Å²) < 4.78 is 30.7. The molecule has 0 atom stereocenters. The van der Waals surface area contributed by atoms with Crippen LogP contribution in [0.25, 0.3) is 11.0 Å². The fraction of sp³-hybridized carbons (Fsp3) is 0.316. The quantitative estimate of drug-likeness (QED) is 0.690. The molecule has 26 heavy (non-hydrogen) atoms. The molecule has 0 bridgehead atoms. The zero-order valence-corrected chi connectivity index (χ0v) is 16.2. The van der Waals surface area contributed by atoms with Gasteiger partial charge in [-0.1, -0.05) is 31.2 Å². The monoisotopic (exact) mass is 373 g/mol. The highest BCUT2D eigenvalue weighted by Crippen LogP contribution is 2.23. The number of fused-ring (bicyclic) bond motifs is 1. The average molecular weight is 373 g/mol. The lowest BCUT2D eigenvalue weighted by atomic mass is 10.1. The first kappa shape index (κ1) is 18.4. The molecule has 0 saturated heterocycles. The van der Waals surface area contributed by atoms with E-state index in [0.717, 1.165) is 11.1 Å². The summed E-state index contributed by atoms with van der Waals surface area (Å²) in [4.78, 5) is 12.3. The Morgan fingerprint density at radius 3 is 2.31 bits per heavy atom. The van der Waals surface area contributed by atoms with Gasteiger partial charge in [0.1, 0.15) is 0 Å². The van der Waals surface area contributed by atoms with Crippen LogP contribution in [0.2, 0.25) is 0 Å². The Morgan fingerprint density at radius 1 is 1.00 bits per heavy atom. The topological polar surface area (TPSA) is 64.3 Å². The van der Waals surface area contributed by atoms with Gasteiger partial charge in [0.15, 0.2) is 0 Å². The van der Waals surface area contributed by atoms with Crippen molar-refractivity contribution >= 4 is 21.1 Å². The maximum atomic E-state index is 13.2. The number of hydrogen-bond acceptors (Lipinski definition) is 3. The predicted molar refractivity (Wildman–Crippen MR) is 103 cm³/mol. The van der Waals surface area contributed by atoms with E-state index in [1.165, 1.54) is 13.4 Å². The minimum Gasteiger partial charge on any atom is -0.295 e. The van der Waals surface area contributed by atoms with Gasteiger partial charge in [-0.25, -0.2) is 13.2 Å². The summed E-state index contributed by atoms with van der Waals surface area (Å²) in [6.07, 6.45) is 0. The number of benzene rings is 2. The molecule has 0 aliphatic rings. The van der Waals surface area contributed by atoms with Crippen LogP contribution >= 0.6 is 0 Å². The van der Waals surface area contributed by atoms with Crippen molar-refractivity contribution in [3.63, 3.8) is 0 Å². The summed E-state index contributed by atoms with van der Waals surface area (Å²) in [7, 11) is -0.348. The number of nitrogens with zero attached hydrogens (tertiary/aromatic N) is 3. The molecular formula is C19H23N3O3S. The molecule has 6 nitrogen and oxygen atoms in total. The average Bonchev–Trinajstić information content (AvgIpc) is 2.85. The fourth-order valence-electron chi connectivity index (χ4n) is 3.14. The Bertz CT molecular complexity index is 1130. The second-order valence-electron chi connectivity index (χ2n) is 6.41. The third-order valence-electron chi connectivity index (χ3n) is 4.84. The molecular weight excluding hydrogens is 350 g/mol. The lowest BCUT2D eigenvalue weighted by Gasteiger charge is -2.21. The zero-order valence-electron chi connectivity index (χ0n) is 15.4. The van der Waals surface area contributed by atoms with Crippen LogP contribution in [-0.2, 0) is 30.7 Å². The Hall–Kier alpha value is -2.38. The van der Waals surface area contributed by atoms with E-state index in [2.05, 4.69) is 0 Å². The summed E-state index contributed by atoms with van der Waals surface area (Å²) >= 11 is 0. The molecule has 0 N–H and O–H groups in total. The number of aryl methyl sites for hydroxylation is 3. The maximum absolute atomic E-state index is 13.2. The van der Waals surface area contributed by atoms with Crippen molar-refractivity contribution in [1.29, 1.82) is 0 Å². The van der Waals surface area contributed by atoms with Crippen LogP contribution < -0.4 is 5.69 Å². The number of aromatic nitrogens is 2. The molecule has 7 heteroatoms. The normalized spacial score (nSPS) is 12.2. The van der Waals surface area contributed by atoms with E-state index in [1.807, 2.05) is 38.1 Å². The van der Waals surface area contributed by atoms with Gasteiger partial charge in [-0.3, -0.25) is 9.13 Å². The van der Waals surface area contributed by atoms with Crippen LogP contribution in [0.4, 0.5) is 0 Å². The van der Waals surface area contributed by atoms with Gasteiger partial charge in [-0.15, -0.1) is 0 Å². The lowest BCUT2D eigenvalue weighted by molar-refractivity contribution is 0.423. The third-order valence-corrected chi connectivity index (χ3v) is 6.76. The maximum Gasteiger partial charge on any atom is 0.328 e. The van der Waals surface area contributed by atoms with Gasteiger partial charge >= 0.3 is 5.69 Å². The van der Waals surface area contributed by atoms with Crippen molar-refractivity contribution in [3.8, 4) is 0 Å². The molecule has 2 aromatic carbocycles. The molecule has 1 heterocycles. The Labute approximate surface area is 153 Å². The summed E-state index contributed by atoms with van der Waals surface area (Å²) in [5.74, 6) is 0. The zero-order chi connectivity index (χ0) is 19.1. The molecule has 3 rings (SSSR count). The largest absolute Gasteiger partial charge is 0.328 e. The minimum absolute atomic E-state index is 0.179. The summed E-state index contributed by atoms with van der Waals surface area (Å²) in [6.45, 7) is 4.48. The molecule has 0 fully saturated rings. The van der Waals surface area contributed by atoms with E-state index in [9.17, 15) is 13.2 Å². The minimum atomic E-state index is -3.67. The van der Waals surface area contributed by atoms with Gasteiger partial charge in [0.2, 0.25) is 10.0 Å². The van der Waals surface area contributed by atoms with Crippen LogP contribution in [0.5, 0.6) is 0 Å². The fourth-order valence-corrected chi connectivity index (χ4v) is 4.59. The number of rotatable bonds is 5. The van der Waals surface area contributed by atoms with Crippen LogP contribution in [0.1, 0.15) is 18.1 Å². The molecule has 0 unspecified atom stereocenters. The molecule has 0 aliphatic heterocycles. The van der Waals surface area contributed by atoms with Crippen molar-refractivity contribution in [3.05, 3.63) is 64.1 Å². The Morgan fingerprint density at radius 2 is 1.65 bits per heavy atom. The summed E-state index contributed by atoms with van der Waals surface area (Å²) in [5.41, 5.74) is 3.17. The number of imidazole rings is 1. The van der Waals surface area contributed by atoms with Crippen LogP contribution in [0, 0.1) is 6.92 Å². The van der Waals surface area contributed by atoms with Gasteiger partial charge in [-0.2, -0.15) is 4.31 Å². The van der Waals surface area contributed by atoms with Gasteiger partial charge < -0.3 is 0 Å². The highest BCUT2D eigenvalue weighted by molar-refractivity contribution is 7.89. The van der Waals surface area contributed by atoms with Crippen molar-refractivity contribution < 1.29 is 8.42 Å². The molecule has 0 aliphatic carbocycles. The molecule has 3 aromatic rings. The standard InChI is InChI=1S/C19H23N3O3S/c1-5-22(13-15-9-7-6-8-14(15)2)26(24,25)16-10-11-17-18(12-16)21(4)19(23)20(17)3/h6-12H,5,13H2,1-4H3. The van der Waals surface area contributed by atoms with Crippen molar-refractivity contribution in [1.82, 2.24) is 13.4 Å². The van der Waals surface area contributed by atoms with Crippen LogP contribution in [0.3, 0.4) is 0 Å².